The van der Waals surface area contributed by atoms with E-state index < -0.39 is 6.04 Å². The topological polar surface area (TPSA) is 46.3 Å². The van der Waals surface area contributed by atoms with Gasteiger partial charge in [0, 0.05) is 13.1 Å². The Morgan fingerprint density at radius 1 is 1.10 bits per heavy atom. The second kappa shape index (κ2) is 6.18. The van der Waals surface area contributed by atoms with Gasteiger partial charge in [-0.25, -0.2) is 0 Å². The number of nitrogens with two attached hydrogens (primary N) is 1. The number of likely N-dealkylation sites (tertiary alicyclic amines) is 1. The van der Waals surface area contributed by atoms with Crippen molar-refractivity contribution < 1.29 is 4.79 Å². The van der Waals surface area contributed by atoms with Gasteiger partial charge < -0.3 is 10.6 Å². The SMILES string of the molecule is NC(Cc1ccccc1)C(=O)N1CCC2(CCCC2)CC1. The minimum atomic E-state index is -0.398. The summed E-state index contributed by atoms with van der Waals surface area (Å²) in [6.07, 6.45) is 8.48. The standard InChI is InChI=1S/C18H26N2O/c19-16(14-15-6-2-1-3-7-15)17(21)20-12-10-18(11-13-20)8-4-5-9-18/h1-3,6-7,16H,4-5,8-14,19H2. The molecule has 2 N–H and O–H groups in total. The minimum Gasteiger partial charge on any atom is -0.341 e. The van der Waals surface area contributed by atoms with Crippen molar-refractivity contribution in [2.45, 2.75) is 51.0 Å². The Morgan fingerprint density at radius 3 is 2.33 bits per heavy atom. The zero-order valence-electron chi connectivity index (χ0n) is 12.8. The number of benzene rings is 1. The summed E-state index contributed by atoms with van der Waals surface area (Å²) in [4.78, 5) is 14.5. The lowest BCUT2D eigenvalue weighted by atomic mass is 9.77. The van der Waals surface area contributed by atoms with Crippen LogP contribution in [0.4, 0.5) is 0 Å². The molecule has 0 radical (unpaired) electrons. The van der Waals surface area contributed by atoms with E-state index in [1.807, 2.05) is 35.2 Å². The van der Waals surface area contributed by atoms with Crippen molar-refractivity contribution in [3.63, 3.8) is 0 Å². The van der Waals surface area contributed by atoms with Crippen LogP contribution in [0, 0.1) is 5.41 Å². The first-order chi connectivity index (χ1) is 10.2. The van der Waals surface area contributed by atoms with E-state index in [0.29, 0.717) is 11.8 Å². The minimum absolute atomic E-state index is 0.131. The van der Waals surface area contributed by atoms with Gasteiger partial charge in [0.25, 0.3) is 0 Å². The summed E-state index contributed by atoms with van der Waals surface area (Å²) >= 11 is 0. The van der Waals surface area contributed by atoms with Gasteiger partial charge in [-0.3, -0.25) is 4.79 Å². The van der Waals surface area contributed by atoms with Gasteiger partial charge >= 0.3 is 0 Å². The van der Waals surface area contributed by atoms with Crippen molar-refractivity contribution >= 4 is 5.91 Å². The average molecular weight is 286 g/mol. The van der Waals surface area contributed by atoms with Crippen LogP contribution in [-0.2, 0) is 11.2 Å². The van der Waals surface area contributed by atoms with E-state index in [0.717, 1.165) is 18.7 Å². The quantitative estimate of drug-likeness (QED) is 0.928. The number of nitrogens with zero attached hydrogens (tertiary/aromatic N) is 1. The summed E-state index contributed by atoms with van der Waals surface area (Å²) in [6.45, 7) is 1.81. The number of piperidine rings is 1. The zero-order valence-corrected chi connectivity index (χ0v) is 12.8. The van der Waals surface area contributed by atoms with E-state index in [4.69, 9.17) is 5.73 Å². The Balaban J connectivity index is 1.54. The van der Waals surface area contributed by atoms with Crippen LogP contribution in [0.5, 0.6) is 0 Å². The molecular weight excluding hydrogens is 260 g/mol. The van der Waals surface area contributed by atoms with Gasteiger partial charge in [0.2, 0.25) is 5.91 Å². The molecule has 3 heteroatoms. The highest BCUT2D eigenvalue weighted by Gasteiger charge is 2.38. The Labute approximate surface area is 127 Å². The van der Waals surface area contributed by atoms with E-state index in [1.54, 1.807) is 0 Å². The van der Waals surface area contributed by atoms with Crippen LogP contribution < -0.4 is 5.73 Å². The van der Waals surface area contributed by atoms with Gasteiger partial charge in [0.1, 0.15) is 0 Å². The Hall–Kier alpha value is -1.35. The molecule has 1 heterocycles. The smallest absolute Gasteiger partial charge is 0.239 e. The van der Waals surface area contributed by atoms with Crippen LogP contribution in [0.1, 0.15) is 44.1 Å². The average Bonchev–Trinajstić information content (AvgIpc) is 2.96. The van der Waals surface area contributed by atoms with E-state index in [9.17, 15) is 4.79 Å². The highest BCUT2D eigenvalue weighted by molar-refractivity contribution is 5.82. The second-order valence-electron chi connectivity index (χ2n) is 6.83. The normalized spacial score (nSPS) is 22.4. The fourth-order valence-electron chi connectivity index (χ4n) is 4.02. The molecule has 1 aromatic carbocycles. The lowest BCUT2D eigenvalue weighted by molar-refractivity contribution is -0.134. The maximum Gasteiger partial charge on any atom is 0.239 e. The highest BCUT2D eigenvalue weighted by atomic mass is 16.2. The summed E-state index contributed by atoms with van der Waals surface area (Å²) in [7, 11) is 0. The van der Waals surface area contributed by atoms with E-state index in [-0.39, 0.29) is 5.91 Å². The molecular formula is C18H26N2O. The van der Waals surface area contributed by atoms with Gasteiger partial charge in [-0.1, -0.05) is 43.2 Å². The predicted molar refractivity (Wildman–Crippen MR) is 84.8 cm³/mol. The van der Waals surface area contributed by atoms with E-state index in [2.05, 4.69) is 0 Å². The molecule has 2 fully saturated rings. The molecule has 1 atom stereocenters. The van der Waals surface area contributed by atoms with Crippen LogP contribution >= 0.6 is 0 Å². The van der Waals surface area contributed by atoms with E-state index in [1.165, 1.54) is 38.5 Å². The molecule has 114 valence electrons. The number of rotatable bonds is 3. The van der Waals surface area contributed by atoms with Gasteiger partial charge in [0.15, 0.2) is 0 Å². The first kappa shape index (κ1) is 14.6. The van der Waals surface area contributed by atoms with Crippen LogP contribution in [-0.4, -0.2) is 29.9 Å². The van der Waals surface area contributed by atoms with Gasteiger partial charge in [-0.15, -0.1) is 0 Å². The Morgan fingerprint density at radius 2 is 1.71 bits per heavy atom. The second-order valence-corrected chi connectivity index (χ2v) is 6.83. The Kier molecular flexibility index (Phi) is 4.29. The number of hydrogen-bond donors (Lipinski definition) is 1. The molecule has 1 saturated carbocycles. The third-order valence-corrected chi connectivity index (χ3v) is 5.42. The lowest BCUT2D eigenvalue weighted by Gasteiger charge is -2.40. The van der Waals surface area contributed by atoms with Crippen LogP contribution in [0.15, 0.2) is 30.3 Å². The maximum atomic E-state index is 12.5. The largest absolute Gasteiger partial charge is 0.341 e. The molecule has 1 amide bonds. The van der Waals surface area contributed by atoms with Gasteiger partial charge in [-0.05, 0) is 43.1 Å². The third kappa shape index (κ3) is 3.29. The number of carbonyl (C=O) groups excluding carboxylic acids is 1. The van der Waals surface area contributed by atoms with Gasteiger partial charge in [0.05, 0.1) is 6.04 Å². The van der Waals surface area contributed by atoms with Crippen molar-refractivity contribution in [1.29, 1.82) is 0 Å². The molecule has 0 aromatic heterocycles. The number of carbonyl (C=O) groups is 1. The molecule has 3 nitrogen and oxygen atoms in total. The maximum absolute atomic E-state index is 12.5. The fourth-order valence-corrected chi connectivity index (χ4v) is 4.02. The van der Waals surface area contributed by atoms with Gasteiger partial charge in [-0.2, -0.15) is 0 Å². The zero-order chi connectivity index (χ0) is 14.7. The van der Waals surface area contributed by atoms with Crippen LogP contribution in [0.25, 0.3) is 0 Å². The van der Waals surface area contributed by atoms with Crippen LogP contribution in [0.3, 0.4) is 0 Å². The molecule has 0 bridgehead atoms. The summed E-state index contributed by atoms with van der Waals surface area (Å²) < 4.78 is 0. The molecule has 2 aliphatic rings. The Bertz CT molecular complexity index is 469. The van der Waals surface area contributed by atoms with Crippen LogP contribution in [0.2, 0.25) is 0 Å². The molecule has 1 aromatic rings. The van der Waals surface area contributed by atoms with Crippen molar-refractivity contribution in [3.05, 3.63) is 35.9 Å². The van der Waals surface area contributed by atoms with E-state index >= 15 is 0 Å². The third-order valence-electron chi connectivity index (χ3n) is 5.42. The first-order valence-electron chi connectivity index (χ1n) is 8.27. The van der Waals surface area contributed by atoms with Crippen molar-refractivity contribution in [2.24, 2.45) is 11.1 Å². The molecule has 3 rings (SSSR count). The summed E-state index contributed by atoms with van der Waals surface area (Å²) in [5.41, 5.74) is 7.83. The molecule has 1 spiro atoms. The number of hydrogen-bond acceptors (Lipinski definition) is 2. The summed E-state index contributed by atoms with van der Waals surface area (Å²) in [5.74, 6) is 0.131. The molecule has 1 saturated heterocycles. The highest BCUT2D eigenvalue weighted by Crippen LogP contribution is 2.46. The summed E-state index contributed by atoms with van der Waals surface area (Å²) in [6, 6.07) is 9.66. The molecule has 1 aliphatic carbocycles. The monoisotopic (exact) mass is 286 g/mol. The number of amides is 1. The first-order valence-corrected chi connectivity index (χ1v) is 8.27. The lowest BCUT2D eigenvalue weighted by Crippen LogP contribution is -2.49. The predicted octanol–water partition coefficient (Wildman–Crippen LogP) is 2.74. The summed E-state index contributed by atoms with van der Waals surface area (Å²) in [5, 5.41) is 0. The fraction of sp³-hybridized carbons (Fsp3) is 0.611. The molecule has 21 heavy (non-hydrogen) atoms. The van der Waals surface area contributed by atoms with Crippen molar-refractivity contribution in [2.75, 3.05) is 13.1 Å². The van der Waals surface area contributed by atoms with Crippen molar-refractivity contribution in [3.8, 4) is 0 Å². The van der Waals surface area contributed by atoms with Crippen molar-refractivity contribution in [1.82, 2.24) is 4.90 Å². The molecule has 1 unspecified atom stereocenters. The molecule has 1 aliphatic heterocycles.